The Morgan fingerprint density at radius 2 is 1.93 bits per heavy atom. The zero-order chi connectivity index (χ0) is 29.8. The third-order valence-electron chi connectivity index (χ3n) is 10.7. The van der Waals surface area contributed by atoms with Crippen LogP contribution in [0.2, 0.25) is 0 Å². The third kappa shape index (κ3) is 8.25. The van der Waals surface area contributed by atoms with Gasteiger partial charge < -0.3 is 34.3 Å². The highest BCUT2D eigenvalue weighted by atomic mass is 16.6. The fourth-order valence-corrected chi connectivity index (χ4v) is 7.88. The number of amides is 1. The molecule has 246 valence electrons. The summed E-state index contributed by atoms with van der Waals surface area (Å²) in [5.41, 5.74) is 0. The van der Waals surface area contributed by atoms with Crippen LogP contribution < -0.4 is 26.6 Å². The van der Waals surface area contributed by atoms with E-state index in [1.807, 2.05) is 0 Å². The molecule has 0 aromatic carbocycles. The predicted molar refractivity (Wildman–Crippen MR) is 160 cm³/mol. The first-order valence-corrected chi connectivity index (χ1v) is 16.8. The SMILES string of the molecule is CC1NCOC1COC1CCC2CN(C[C@@H](O)CNC(=O)C3CC(NC4COC4)NC(N4CCOCC4)N3)CCC2C1C. The Kier molecular flexibility index (Phi) is 11.2. The van der Waals surface area contributed by atoms with Crippen molar-refractivity contribution in [2.24, 2.45) is 17.8 Å². The minimum Gasteiger partial charge on any atom is -0.390 e. The van der Waals surface area contributed by atoms with Crippen molar-refractivity contribution in [1.82, 2.24) is 36.4 Å². The van der Waals surface area contributed by atoms with E-state index in [-0.39, 0.29) is 37.1 Å². The quantitative estimate of drug-likeness (QED) is 0.161. The van der Waals surface area contributed by atoms with Crippen LogP contribution in [0.4, 0.5) is 0 Å². The fraction of sp³-hybridized carbons (Fsp3) is 0.967. The van der Waals surface area contributed by atoms with Gasteiger partial charge in [-0.3, -0.25) is 31.0 Å². The maximum absolute atomic E-state index is 13.3. The molecule has 5 heterocycles. The van der Waals surface area contributed by atoms with Gasteiger partial charge in [-0.05, 0) is 50.5 Å². The maximum atomic E-state index is 13.3. The number of aliphatic hydroxyl groups excluding tert-OH is 1. The first-order valence-electron chi connectivity index (χ1n) is 16.8. The highest BCUT2D eigenvalue weighted by Crippen LogP contribution is 2.41. The Labute approximate surface area is 256 Å². The normalized spacial score (nSPS) is 40.5. The zero-order valence-corrected chi connectivity index (χ0v) is 26.0. The lowest BCUT2D eigenvalue weighted by atomic mass is 9.68. The molecule has 1 amide bonds. The number of fused-ring (bicyclic) bond motifs is 1. The number of likely N-dealkylation sites (tertiary alicyclic amines) is 1. The number of β-amino-alcohol motifs (C(OH)–C–C–N with tert-alkyl or cyclic N) is 1. The molecule has 6 rings (SSSR count). The molecular weight excluding hydrogens is 554 g/mol. The van der Waals surface area contributed by atoms with E-state index in [0.717, 1.165) is 45.4 Å². The minimum atomic E-state index is -0.600. The Balaban J connectivity index is 0.929. The number of hydrogen-bond donors (Lipinski definition) is 6. The Morgan fingerprint density at radius 3 is 2.67 bits per heavy atom. The standard InChI is InChI=1S/C30H55N7O6/c1-19-24-5-6-36(13-21(24)3-4-26(19)42-17-27-20(2)32-18-43-27)14-23(38)12-31-29(39)25-11-28(33-22-15-41-16-22)35-30(34-25)37-7-9-40-10-8-37/h19-28,30,32-35,38H,3-18H2,1-2H3,(H,31,39)/t19?,20?,21?,23-,24?,25?,26?,27?,28?,30?/m0/s1. The average Bonchev–Trinajstić information content (AvgIpc) is 3.42. The third-order valence-corrected chi connectivity index (χ3v) is 10.7. The highest BCUT2D eigenvalue weighted by Gasteiger charge is 2.41. The molecule has 5 saturated heterocycles. The smallest absolute Gasteiger partial charge is 0.237 e. The van der Waals surface area contributed by atoms with Crippen LogP contribution in [0.5, 0.6) is 0 Å². The van der Waals surface area contributed by atoms with Gasteiger partial charge in [-0.2, -0.15) is 0 Å². The molecule has 13 heteroatoms. The van der Waals surface area contributed by atoms with Gasteiger partial charge in [0.1, 0.15) is 6.29 Å². The van der Waals surface area contributed by atoms with Crippen LogP contribution in [0.1, 0.15) is 39.5 Å². The molecule has 6 fully saturated rings. The lowest BCUT2D eigenvalue weighted by molar-refractivity contribution is -0.126. The molecule has 6 aliphatic rings. The van der Waals surface area contributed by atoms with Crippen molar-refractivity contribution in [3.8, 4) is 0 Å². The number of morpholine rings is 1. The van der Waals surface area contributed by atoms with Crippen molar-refractivity contribution in [3.63, 3.8) is 0 Å². The van der Waals surface area contributed by atoms with Crippen LogP contribution >= 0.6 is 0 Å². The van der Waals surface area contributed by atoms with Crippen molar-refractivity contribution in [3.05, 3.63) is 0 Å². The van der Waals surface area contributed by atoms with Crippen molar-refractivity contribution in [2.45, 2.75) is 88.4 Å². The van der Waals surface area contributed by atoms with Crippen LogP contribution in [0, 0.1) is 17.8 Å². The van der Waals surface area contributed by atoms with Crippen LogP contribution in [0.15, 0.2) is 0 Å². The average molecular weight is 610 g/mol. The van der Waals surface area contributed by atoms with Crippen LogP contribution in [-0.4, -0.2) is 149 Å². The molecule has 0 radical (unpaired) electrons. The molecule has 1 saturated carbocycles. The summed E-state index contributed by atoms with van der Waals surface area (Å²) in [6.45, 7) is 13.0. The second kappa shape index (κ2) is 15.1. The molecule has 0 bridgehead atoms. The van der Waals surface area contributed by atoms with Gasteiger partial charge in [0.25, 0.3) is 0 Å². The number of nitrogens with zero attached hydrogens (tertiary/aromatic N) is 2. The molecule has 1 aliphatic carbocycles. The maximum Gasteiger partial charge on any atom is 0.237 e. The molecular formula is C30H55N7O6. The van der Waals surface area contributed by atoms with Gasteiger partial charge >= 0.3 is 0 Å². The predicted octanol–water partition coefficient (Wildman–Crippen LogP) is -1.57. The van der Waals surface area contributed by atoms with E-state index < -0.39 is 6.10 Å². The molecule has 0 aromatic rings. The van der Waals surface area contributed by atoms with Crippen molar-refractivity contribution in [1.29, 1.82) is 0 Å². The van der Waals surface area contributed by atoms with Gasteiger partial charge in [-0.1, -0.05) is 6.92 Å². The monoisotopic (exact) mass is 609 g/mol. The van der Waals surface area contributed by atoms with Crippen molar-refractivity contribution >= 4 is 5.91 Å². The molecule has 43 heavy (non-hydrogen) atoms. The number of rotatable bonds is 11. The Morgan fingerprint density at radius 1 is 1.09 bits per heavy atom. The summed E-state index contributed by atoms with van der Waals surface area (Å²) >= 11 is 0. The summed E-state index contributed by atoms with van der Waals surface area (Å²) in [7, 11) is 0. The summed E-state index contributed by atoms with van der Waals surface area (Å²) in [5, 5.41) is 28.0. The summed E-state index contributed by atoms with van der Waals surface area (Å²) < 4.78 is 23.0. The number of carbonyl (C=O) groups excluding carboxylic acids is 1. The van der Waals surface area contributed by atoms with Gasteiger partial charge in [0.05, 0.1) is 76.3 Å². The summed E-state index contributed by atoms with van der Waals surface area (Å²) in [4.78, 5) is 18.0. The van der Waals surface area contributed by atoms with Crippen LogP contribution in [-0.2, 0) is 23.7 Å². The molecule has 6 N–H and O–H groups in total. The number of aliphatic hydroxyl groups is 1. The molecule has 10 atom stereocenters. The van der Waals surface area contributed by atoms with Gasteiger partial charge in [0.2, 0.25) is 5.91 Å². The largest absolute Gasteiger partial charge is 0.390 e. The van der Waals surface area contributed by atoms with Crippen molar-refractivity contribution < 1.29 is 28.8 Å². The first-order chi connectivity index (χ1) is 20.9. The van der Waals surface area contributed by atoms with Gasteiger partial charge in [0.15, 0.2) is 0 Å². The lowest BCUT2D eigenvalue weighted by Gasteiger charge is -2.47. The molecule has 5 aliphatic heterocycles. The van der Waals surface area contributed by atoms with E-state index in [1.54, 1.807) is 0 Å². The van der Waals surface area contributed by atoms with E-state index in [4.69, 9.17) is 18.9 Å². The number of ether oxygens (including phenoxy) is 4. The minimum absolute atomic E-state index is 0.00413. The second-order valence-corrected chi connectivity index (χ2v) is 13.6. The fourth-order valence-electron chi connectivity index (χ4n) is 7.88. The van der Waals surface area contributed by atoms with E-state index in [0.29, 0.717) is 88.7 Å². The lowest BCUT2D eigenvalue weighted by Crippen LogP contribution is -2.72. The molecule has 9 unspecified atom stereocenters. The zero-order valence-electron chi connectivity index (χ0n) is 26.0. The van der Waals surface area contributed by atoms with E-state index in [9.17, 15) is 9.90 Å². The highest BCUT2D eigenvalue weighted by molar-refractivity contribution is 5.82. The van der Waals surface area contributed by atoms with Crippen molar-refractivity contribution in [2.75, 3.05) is 79.0 Å². The number of hydrogen-bond acceptors (Lipinski definition) is 12. The number of nitrogens with one attached hydrogen (secondary N) is 5. The summed E-state index contributed by atoms with van der Waals surface area (Å²) in [6, 6.07) is 0.304. The Bertz CT molecular complexity index is 895. The molecule has 0 aromatic heterocycles. The molecule has 0 spiro atoms. The second-order valence-electron chi connectivity index (χ2n) is 13.6. The van der Waals surface area contributed by atoms with Gasteiger partial charge in [0, 0.05) is 45.2 Å². The van der Waals surface area contributed by atoms with E-state index >= 15 is 0 Å². The summed E-state index contributed by atoms with van der Waals surface area (Å²) in [6.07, 6.45) is 3.74. The van der Waals surface area contributed by atoms with E-state index in [2.05, 4.69) is 50.2 Å². The van der Waals surface area contributed by atoms with E-state index in [1.165, 1.54) is 0 Å². The van der Waals surface area contributed by atoms with Gasteiger partial charge in [-0.15, -0.1) is 0 Å². The Hall–Kier alpha value is -0.970. The number of carbonyl (C=O) groups is 1. The van der Waals surface area contributed by atoms with Gasteiger partial charge in [-0.25, -0.2) is 0 Å². The first kappa shape index (κ1) is 32.0. The molecule has 13 nitrogen and oxygen atoms in total. The van der Waals surface area contributed by atoms with Crippen LogP contribution in [0.25, 0.3) is 0 Å². The topological polar surface area (TPSA) is 141 Å². The van der Waals surface area contributed by atoms with Crippen LogP contribution in [0.3, 0.4) is 0 Å². The summed E-state index contributed by atoms with van der Waals surface area (Å²) in [5.74, 6) is 1.76. The number of piperidine rings is 1.